The Morgan fingerprint density at radius 3 is 2.26 bits per heavy atom. The van der Waals surface area contributed by atoms with Gasteiger partial charge in [0.1, 0.15) is 0 Å². The summed E-state index contributed by atoms with van der Waals surface area (Å²) in [7, 11) is 2.01. The summed E-state index contributed by atoms with van der Waals surface area (Å²) < 4.78 is 4.56. The molecule has 0 unspecified atom stereocenters. The zero-order valence-electron chi connectivity index (χ0n) is 21.5. The van der Waals surface area contributed by atoms with E-state index >= 15 is 0 Å². The molecule has 3 aromatic carbocycles. The lowest BCUT2D eigenvalue weighted by Crippen LogP contribution is -2.34. The number of benzene rings is 3. The fraction of sp³-hybridized carbons (Fsp3) is 0.212. The Morgan fingerprint density at radius 2 is 1.47 bits per heavy atom. The van der Waals surface area contributed by atoms with Gasteiger partial charge >= 0.3 is 0 Å². The quantitative estimate of drug-likeness (QED) is 0.247. The van der Waals surface area contributed by atoms with Crippen LogP contribution in [0.25, 0.3) is 32.7 Å². The van der Waals surface area contributed by atoms with Gasteiger partial charge in [-0.3, -0.25) is 14.7 Å². The number of hydrogen-bond acceptors (Lipinski definition) is 3. The van der Waals surface area contributed by atoms with Crippen LogP contribution < -0.4 is 0 Å². The molecule has 3 aromatic heterocycles. The van der Waals surface area contributed by atoms with Crippen molar-refractivity contribution in [3.8, 4) is 0 Å². The molecule has 0 saturated carbocycles. The second-order valence-electron chi connectivity index (χ2n) is 10.4. The van der Waals surface area contributed by atoms with Crippen LogP contribution in [0.5, 0.6) is 0 Å². The molecule has 7 rings (SSSR count). The van der Waals surface area contributed by atoms with Crippen LogP contribution in [0, 0.1) is 0 Å². The van der Waals surface area contributed by atoms with Crippen molar-refractivity contribution < 1.29 is 4.79 Å². The van der Waals surface area contributed by atoms with Crippen LogP contribution in [0.4, 0.5) is 0 Å². The standard InChI is InChI=1S/C33H30N4O/c1-35-22-28(25-7-2-4-10-29(25)35)33(38)27-9-6-12-31-32(27)26-8-3-5-11-30(26)37(31)24-15-19-36(20-16-24)21-23-13-17-34-18-14-23/h2-14,17-18,22,24H,15-16,19-21H2,1H3. The van der Waals surface area contributed by atoms with Crippen molar-refractivity contribution in [1.29, 1.82) is 0 Å². The van der Waals surface area contributed by atoms with Gasteiger partial charge in [-0.1, -0.05) is 48.5 Å². The van der Waals surface area contributed by atoms with E-state index in [0.29, 0.717) is 6.04 Å². The molecule has 4 heterocycles. The molecule has 0 bridgehead atoms. The zero-order valence-corrected chi connectivity index (χ0v) is 21.5. The fourth-order valence-corrected chi connectivity index (χ4v) is 6.38. The number of pyridine rings is 1. The van der Waals surface area contributed by atoms with E-state index in [2.05, 4.69) is 69.0 Å². The van der Waals surface area contributed by atoms with E-state index in [1.807, 2.05) is 54.5 Å². The number of para-hydroxylation sites is 2. The van der Waals surface area contributed by atoms with Crippen molar-refractivity contribution in [2.24, 2.45) is 7.05 Å². The monoisotopic (exact) mass is 498 g/mol. The van der Waals surface area contributed by atoms with E-state index in [1.165, 1.54) is 11.1 Å². The minimum Gasteiger partial charge on any atom is -0.350 e. The van der Waals surface area contributed by atoms with Gasteiger partial charge in [0.2, 0.25) is 0 Å². The topological polar surface area (TPSA) is 43.1 Å². The number of aryl methyl sites for hydroxylation is 1. The summed E-state index contributed by atoms with van der Waals surface area (Å²) in [6.45, 7) is 3.07. The number of piperidine rings is 1. The summed E-state index contributed by atoms with van der Waals surface area (Å²) in [5, 5.41) is 3.23. The zero-order chi connectivity index (χ0) is 25.6. The van der Waals surface area contributed by atoms with E-state index in [1.54, 1.807) is 0 Å². The smallest absolute Gasteiger partial charge is 0.195 e. The minimum atomic E-state index is 0.0856. The van der Waals surface area contributed by atoms with Crippen LogP contribution >= 0.6 is 0 Å². The van der Waals surface area contributed by atoms with Gasteiger partial charge < -0.3 is 9.13 Å². The van der Waals surface area contributed by atoms with Gasteiger partial charge in [-0.15, -0.1) is 0 Å². The highest BCUT2D eigenvalue weighted by molar-refractivity contribution is 6.25. The Hall–Kier alpha value is -4.22. The predicted octanol–water partition coefficient (Wildman–Crippen LogP) is 6.75. The number of rotatable bonds is 5. The number of fused-ring (bicyclic) bond motifs is 4. The lowest BCUT2D eigenvalue weighted by atomic mass is 9.98. The molecular weight excluding hydrogens is 468 g/mol. The summed E-state index contributed by atoms with van der Waals surface area (Å²) in [5.74, 6) is 0.0856. The van der Waals surface area contributed by atoms with Crippen molar-refractivity contribution in [3.05, 3.63) is 114 Å². The Balaban J connectivity index is 1.29. The largest absolute Gasteiger partial charge is 0.350 e. The third-order valence-electron chi connectivity index (χ3n) is 8.20. The summed E-state index contributed by atoms with van der Waals surface area (Å²) in [5.41, 5.74) is 6.30. The van der Waals surface area contributed by atoms with Gasteiger partial charge in [-0.25, -0.2) is 0 Å². The van der Waals surface area contributed by atoms with Crippen LogP contribution in [0.15, 0.2) is 97.5 Å². The second-order valence-corrected chi connectivity index (χ2v) is 10.4. The SMILES string of the molecule is Cn1cc(C(=O)c2cccc3c2c2ccccc2n3C2CCN(Cc3ccncc3)CC2)c2ccccc21. The van der Waals surface area contributed by atoms with Crippen LogP contribution in [0.1, 0.15) is 40.4 Å². The van der Waals surface area contributed by atoms with Gasteiger partial charge in [0, 0.05) is 89.6 Å². The van der Waals surface area contributed by atoms with Crippen molar-refractivity contribution in [2.75, 3.05) is 13.1 Å². The third kappa shape index (κ3) is 3.74. The maximum Gasteiger partial charge on any atom is 0.195 e. The molecule has 0 N–H and O–H groups in total. The number of likely N-dealkylation sites (tertiary alicyclic amines) is 1. The van der Waals surface area contributed by atoms with Crippen LogP contribution in [-0.4, -0.2) is 37.9 Å². The molecule has 5 nitrogen and oxygen atoms in total. The average Bonchev–Trinajstić information content (AvgIpc) is 3.49. The van der Waals surface area contributed by atoms with E-state index in [-0.39, 0.29) is 5.78 Å². The number of nitrogens with zero attached hydrogens (tertiary/aromatic N) is 4. The van der Waals surface area contributed by atoms with Crippen LogP contribution in [0.2, 0.25) is 0 Å². The van der Waals surface area contributed by atoms with Gasteiger partial charge in [-0.2, -0.15) is 0 Å². The summed E-state index contributed by atoms with van der Waals surface area (Å²) >= 11 is 0. The first-order valence-electron chi connectivity index (χ1n) is 13.4. The van der Waals surface area contributed by atoms with Gasteiger partial charge in [0.25, 0.3) is 0 Å². The van der Waals surface area contributed by atoms with Crippen LogP contribution in [0.3, 0.4) is 0 Å². The Labute approximate surface area is 221 Å². The third-order valence-corrected chi connectivity index (χ3v) is 8.20. The number of carbonyl (C=O) groups excluding carboxylic acids is 1. The molecule has 188 valence electrons. The average molecular weight is 499 g/mol. The maximum absolute atomic E-state index is 14.1. The van der Waals surface area contributed by atoms with Crippen molar-refractivity contribution in [2.45, 2.75) is 25.4 Å². The molecule has 5 heteroatoms. The summed E-state index contributed by atoms with van der Waals surface area (Å²) in [6.07, 6.45) is 7.89. The predicted molar refractivity (Wildman–Crippen MR) is 154 cm³/mol. The number of hydrogen-bond donors (Lipinski definition) is 0. The minimum absolute atomic E-state index is 0.0856. The number of ketones is 1. The molecule has 1 saturated heterocycles. The van der Waals surface area contributed by atoms with E-state index in [0.717, 1.165) is 70.8 Å². The lowest BCUT2D eigenvalue weighted by Gasteiger charge is -2.33. The molecule has 1 fully saturated rings. The van der Waals surface area contributed by atoms with E-state index < -0.39 is 0 Å². The lowest BCUT2D eigenvalue weighted by molar-refractivity contribution is 0.104. The molecule has 0 spiro atoms. The molecular formula is C33H30N4O. The summed E-state index contributed by atoms with van der Waals surface area (Å²) in [4.78, 5) is 20.8. The first-order valence-corrected chi connectivity index (χ1v) is 13.4. The Bertz CT molecular complexity index is 1790. The number of aromatic nitrogens is 3. The molecule has 0 radical (unpaired) electrons. The van der Waals surface area contributed by atoms with Crippen LogP contribution in [-0.2, 0) is 13.6 Å². The molecule has 38 heavy (non-hydrogen) atoms. The van der Waals surface area contributed by atoms with Crippen molar-refractivity contribution in [3.63, 3.8) is 0 Å². The molecule has 0 amide bonds. The van der Waals surface area contributed by atoms with E-state index in [4.69, 9.17) is 0 Å². The fourth-order valence-electron chi connectivity index (χ4n) is 6.38. The Morgan fingerprint density at radius 1 is 0.789 bits per heavy atom. The molecule has 1 aliphatic heterocycles. The van der Waals surface area contributed by atoms with Crippen molar-refractivity contribution >= 4 is 38.5 Å². The first kappa shape index (κ1) is 22.9. The molecule has 1 aliphatic rings. The normalized spacial score (nSPS) is 15.1. The summed E-state index contributed by atoms with van der Waals surface area (Å²) in [6, 6.07) is 27.6. The van der Waals surface area contributed by atoms with Gasteiger partial charge in [0.05, 0.1) is 5.52 Å². The Kier molecular flexibility index (Phi) is 5.59. The van der Waals surface area contributed by atoms with Crippen molar-refractivity contribution in [1.82, 2.24) is 19.0 Å². The van der Waals surface area contributed by atoms with E-state index in [9.17, 15) is 4.79 Å². The maximum atomic E-state index is 14.1. The molecule has 0 aliphatic carbocycles. The number of carbonyl (C=O) groups is 1. The second kappa shape index (κ2) is 9.26. The highest BCUT2D eigenvalue weighted by Gasteiger charge is 2.26. The van der Waals surface area contributed by atoms with Gasteiger partial charge in [-0.05, 0) is 48.7 Å². The molecule has 6 aromatic rings. The highest BCUT2D eigenvalue weighted by atomic mass is 16.1. The first-order chi connectivity index (χ1) is 18.7. The van der Waals surface area contributed by atoms with Gasteiger partial charge in [0.15, 0.2) is 5.78 Å². The molecule has 0 atom stereocenters. The highest BCUT2D eigenvalue weighted by Crippen LogP contribution is 2.38.